The van der Waals surface area contributed by atoms with Gasteiger partial charge in [0.2, 0.25) is 11.8 Å². The summed E-state index contributed by atoms with van der Waals surface area (Å²) in [5, 5.41) is 24.5. The number of phenolic OH excluding ortho intramolecular Hbond substituents is 1. The molecular formula is C26H30N2O7. The van der Waals surface area contributed by atoms with Crippen LogP contribution in [0.1, 0.15) is 38.8 Å². The number of aromatic hydroxyl groups is 1. The van der Waals surface area contributed by atoms with Gasteiger partial charge >= 0.3 is 5.97 Å². The van der Waals surface area contributed by atoms with E-state index in [1.165, 1.54) is 7.11 Å². The molecule has 2 aliphatic rings. The molecule has 2 aliphatic heterocycles. The van der Waals surface area contributed by atoms with Gasteiger partial charge in [-0.1, -0.05) is 38.1 Å². The number of amides is 2. The average Bonchev–Trinajstić information content (AvgIpc) is 3.29. The van der Waals surface area contributed by atoms with Crippen LogP contribution >= 0.6 is 0 Å². The first-order valence-corrected chi connectivity index (χ1v) is 11.6. The lowest BCUT2D eigenvalue weighted by Gasteiger charge is -2.32. The van der Waals surface area contributed by atoms with E-state index in [1.807, 2.05) is 13.8 Å². The third kappa shape index (κ3) is 3.80. The van der Waals surface area contributed by atoms with Crippen molar-refractivity contribution in [3.05, 3.63) is 48.0 Å². The summed E-state index contributed by atoms with van der Waals surface area (Å²) >= 11 is 0. The maximum Gasteiger partial charge on any atom is 0.324 e. The van der Waals surface area contributed by atoms with Crippen LogP contribution in [0.3, 0.4) is 0 Å². The molecule has 2 fully saturated rings. The summed E-state index contributed by atoms with van der Waals surface area (Å²) in [6, 6.07) is 10.6. The number of benzene rings is 2. The van der Waals surface area contributed by atoms with E-state index in [1.54, 1.807) is 49.4 Å². The Hall–Kier alpha value is -3.59. The van der Waals surface area contributed by atoms with Gasteiger partial charge in [0.15, 0.2) is 11.5 Å². The number of phenols is 1. The predicted octanol–water partition coefficient (Wildman–Crippen LogP) is 3.12. The molecule has 0 unspecified atom stereocenters. The lowest BCUT2D eigenvalue weighted by molar-refractivity contribution is -0.149. The lowest BCUT2D eigenvalue weighted by atomic mass is 9.75. The summed E-state index contributed by atoms with van der Waals surface area (Å²) in [5.74, 6) is -4.34. The molecule has 2 amide bonds. The third-order valence-corrected chi connectivity index (χ3v) is 6.76. The van der Waals surface area contributed by atoms with Crippen LogP contribution in [0.25, 0.3) is 0 Å². The van der Waals surface area contributed by atoms with Gasteiger partial charge in [-0.25, -0.2) is 4.90 Å². The molecule has 4 rings (SSSR count). The molecule has 3 N–H and O–H groups in total. The highest BCUT2D eigenvalue weighted by atomic mass is 16.5. The minimum absolute atomic E-state index is 0.0930. The van der Waals surface area contributed by atoms with Crippen LogP contribution in [0.15, 0.2) is 42.5 Å². The Kier molecular flexibility index (Phi) is 6.46. The minimum Gasteiger partial charge on any atom is -0.504 e. The van der Waals surface area contributed by atoms with Crippen LogP contribution < -0.4 is 19.7 Å². The Labute approximate surface area is 203 Å². The maximum atomic E-state index is 13.9. The minimum atomic E-state index is -1.71. The molecule has 2 aromatic rings. The summed E-state index contributed by atoms with van der Waals surface area (Å²) in [6.07, 6.45) is 0.116. The zero-order chi connectivity index (χ0) is 25.5. The van der Waals surface area contributed by atoms with E-state index in [4.69, 9.17) is 9.47 Å². The Morgan fingerprint density at radius 1 is 1.11 bits per heavy atom. The van der Waals surface area contributed by atoms with E-state index in [0.717, 1.165) is 4.90 Å². The number of aliphatic carboxylic acids is 1. The Balaban J connectivity index is 1.91. The average molecular weight is 483 g/mol. The summed E-state index contributed by atoms with van der Waals surface area (Å²) in [5.41, 5.74) is -1.14. The van der Waals surface area contributed by atoms with E-state index in [-0.39, 0.29) is 29.5 Å². The second kappa shape index (κ2) is 9.22. The third-order valence-electron chi connectivity index (χ3n) is 6.76. The smallest absolute Gasteiger partial charge is 0.324 e. The Bertz CT molecular complexity index is 1160. The molecule has 9 heteroatoms. The van der Waals surface area contributed by atoms with E-state index in [2.05, 4.69) is 5.32 Å². The fourth-order valence-corrected chi connectivity index (χ4v) is 5.50. The molecule has 2 aromatic carbocycles. The monoisotopic (exact) mass is 482 g/mol. The number of hydrogen-bond acceptors (Lipinski definition) is 7. The maximum absolute atomic E-state index is 13.9. The molecule has 2 saturated heterocycles. The zero-order valence-electron chi connectivity index (χ0n) is 20.1. The molecule has 0 bridgehead atoms. The van der Waals surface area contributed by atoms with E-state index in [0.29, 0.717) is 17.9 Å². The summed E-state index contributed by atoms with van der Waals surface area (Å²) in [6.45, 7) is 5.81. The number of nitrogens with zero attached hydrogens (tertiary/aromatic N) is 1. The fourth-order valence-electron chi connectivity index (χ4n) is 5.50. The van der Waals surface area contributed by atoms with Gasteiger partial charge in [-0.05, 0) is 37.5 Å². The highest BCUT2D eigenvalue weighted by Crippen LogP contribution is 2.54. The predicted molar refractivity (Wildman–Crippen MR) is 127 cm³/mol. The Morgan fingerprint density at radius 2 is 1.80 bits per heavy atom. The molecule has 9 nitrogen and oxygen atoms in total. The van der Waals surface area contributed by atoms with Crippen LogP contribution in [0.4, 0.5) is 5.69 Å². The molecule has 0 aromatic heterocycles. The number of carboxylic acid groups (broad SMARTS) is 1. The van der Waals surface area contributed by atoms with Crippen molar-refractivity contribution in [1.82, 2.24) is 5.32 Å². The fraction of sp³-hybridized carbons (Fsp3) is 0.423. The lowest BCUT2D eigenvalue weighted by Crippen LogP contribution is -2.56. The number of ether oxygens (including phenoxy) is 2. The number of methoxy groups -OCH3 is 1. The van der Waals surface area contributed by atoms with Gasteiger partial charge in [0.25, 0.3) is 0 Å². The standard InChI is InChI=1S/C26H30N2O7/c1-5-35-18-12-8-9-15(22(18)29)21-19-20(26(27-21,25(32)33)13-14(2)3)24(31)28(23(19)30)16-10-6-7-11-17(16)34-4/h6-12,14,19-21,27,29H,5,13H2,1-4H3,(H,32,33)/t19-,20+,21-,26-/m0/s1. The molecule has 0 radical (unpaired) electrons. The molecular weight excluding hydrogens is 452 g/mol. The van der Waals surface area contributed by atoms with Crippen LogP contribution in [0.2, 0.25) is 0 Å². The number of para-hydroxylation sites is 3. The highest BCUT2D eigenvalue weighted by molar-refractivity contribution is 6.24. The number of imide groups is 1. The van der Waals surface area contributed by atoms with Gasteiger partial charge in [0.05, 0.1) is 31.2 Å². The highest BCUT2D eigenvalue weighted by Gasteiger charge is 2.69. The number of rotatable bonds is 8. The first kappa shape index (κ1) is 24.5. The molecule has 186 valence electrons. The Morgan fingerprint density at radius 3 is 2.43 bits per heavy atom. The van der Waals surface area contributed by atoms with Crippen LogP contribution in [-0.4, -0.2) is 47.3 Å². The van der Waals surface area contributed by atoms with Crippen molar-refractivity contribution in [3.63, 3.8) is 0 Å². The molecule has 0 aliphatic carbocycles. The topological polar surface area (TPSA) is 125 Å². The van der Waals surface area contributed by atoms with Crippen LogP contribution in [0.5, 0.6) is 17.2 Å². The zero-order valence-corrected chi connectivity index (χ0v) is 20.1. The number of carbonyl (C=O) groups excluding carboxylic acids is 2. The van der Waals surface area contributed by atoms with Gasteiger partial charge in [-0.3, -0.25) is 19.7 Å². The van der Waals surface area contributed by atoms with Crippen LogP contribution in [0, 0.1) is 17.8 Å². The van der Waals surface area contributed by atoms with E-state index >= 15 is 0 Å². The first-order valence-electron chi connectivity index (χ1n) is 11.6. The number of carboxylic acids is 1. The first-order chi connectivity index (χ1) is 16.7. The van der Waals surface area contributed by atoms with Crippen molar-refractivity contribution in [3.8, 4) is 17.2 Å². The molecule has 0 saturated carbocycles. The number of fused-ring (bicyclic) bond motifs is 1. The largest absolute Gasteiger partial charge is 0.504 e. The summed E-state index contributed by atoms with van der Waals surface area (Å²) < 4.78 is 10.9. The van der Waals surface area contributed by atoms with Gasteiger partial charge in [-0.2, -0.15) is 0 Å². The van der Waals surface area contributed by atoms with E-state index < -0.39 is 41.2 Å². The second-order valence-corrected chi connectivity index (χ2v) is 9.31. The van der Waals surface area contributed by atoms with Gasteiger partial charge in [0.1, 0.15) is 11.3 Å². The van der Waals surface area contributed by atoms with E-state index in [9.17, 15) is 24.6 Å². The van der Waals surface area contributed by atoms with Crippen molar-refractivity contribution in [2.45, 2.75) is 38.8 Å². The van der Waals surface area contributed by atoms with Crippen molar-refractivity contribution in [2.75, 3.05) is 18.6 Å². The quantitative estimate of drug-likeness (QED) is 0.490. The van der Waals surface area contributed by atoms with Crippen molar-refractivity contribution in [2.24, 2.45) is 17.8 Å². The summed E-state index contributed by atoms with van der Waals surface area (Å²) in [4.78, 5) is 41.6. The van der Waals surface area contributed by atoms with Gasteiger partial charge in [0, 0.05) is 11.6 Å². The number of nitrogens with one attached hydrogen (secondary N) is 1. The SMILES string of the molecule is CCOc1cccc([C@@H]2N[C@](CC(C)C)(C(=O)O)[C@H]3C(=O)N(c4ccccc4OC)C(=O)[C@H]23)c1O. The second-order valence-electron chi connectivity index (χ2n) is 9.31. The van der Waals surface area contributed by atoms with Gasteiger partial charge in [-0.15, -0.1) is 0 Å². The van der Waals surface area contributed by atoms with Crippen LogP contribution in [-0.2, 0) is 14.4 Å². The molecule has 2 heterocycles. The number of anilines is 1. The normalized spacial score (nSPS) is 25.7. The number of carbonyl (C=O) groups is 3. The van der Waals surface area contributed by atoms with Crippen molar-refractivity contribution in [1.29, 1.82) is 0 Å². The molecule has 35 heavy (non-hydrogen) atoms. The number of hydrogen-bond donors (Lipinski definition) is 3. The summed E-state index contributed by atoms with van der Waals surface area (Å²) in [7, 11) is 1.44. The molecule has 0 spiro atoms. The van der Waals surface area contributed by atoms with Gasteiger partial charge < -0.3 is 19.7 Å². The van der Waals surface area contributed by atoms with Crippen molar-refractivity contribution < 1.29 is 34.1 Å². The van der Waals surface area contributed by atoms with Crippen molar-refractivity contribution >= 4 is 23.5 Å². The molecule has 4 atom stereocenters.